The second-order valence-electron chi connectivity index (χ2n) is 6.76. The molecule has 0 spiro atoms. The van der Waals surface area contributed by atoms with E-state index in [4.69, 9.17) is 18.9 Å². The van der Waals surface area contributed by atoms with Crippen LogP contribution in [0.4, 0.5) is 0 Å². The van der Waals surface area contributed by atoms with Crippen LogP contribution >= 0.6 is 0 Å². The molecule has 0 fully saturated rings. The number of ether oxygens (including phenoxy) is 4. The summed E-state index contributed by atoms with van der Waals surface area (Å²) >= 11 is 0. The molecule has 1 N–H and O–H groups in total. The molecule has 7 nitrogen and oxygen atoms in total. The minimum absolute atomic E-state index is 0.141. The lowest BCUT2D eigenvalue weighted by Gasteiger charge is -2.20. The first-order valence-electron chi connectivity index (χ1n) is 9.26. The summed E-state index contributed by atoms with van der Waals surface area (Å²) in [6.07, 6.45) is 1.28. The van der Waals surface area contributed by atoms with Gasteiger partial charge in [0.25, 0.3) is 0 Å². The highest BCUT2D eigenvalue weighted by Gasteiger charge is 2.29. The maximum atomic E-state index is 12.1. The van der Waals surface area contributed by atoms with Gasteiger partial charge in [-0.1, -0.05) is 6.07 Å². The van der Waals surface area contributed by atoms with Crippen LogP contribution in [0.2, 0.25) is 0 Å². The van der Waals surface area contributed by atoms with Crippen molar-refractivity contribution in [2.45, 2.75) is 25.8 Å². The molecule has 0 unspecified atom stereocenters. The number of rotatable bonds is 5. The summed E-state index contributed by atoms with van der Waals surface area (Å²) in [6, 6.07) is 7.00. The predicted molar refractivity (Wildman–Crippen MR) is 108 cm³/mol. The highest BCUT2D eigenvalue weighted by Crippen LogP contribution is 2.49. The normalized spacial score (nSPS) is 14.7. The molecule has 0 saturated heterocycles. The Kier molecular flexibility index (Phi) is 5.96. The van der Waals surface area contributed by atoms with E-state index in [1.54, 1.807) is 33.5 Å². The van der Waals surface area contributed by atoms with Gasteiger partial charge in [-0.15, -0.1) is 0 Å². The third-order valence-electron chi connectivity index (χ3n) is 5.13. The van der Waals surface area contributed by atoms with Gasteiger partial charge in [0.15, 0.2) is 11.5 Å². The number of amides is 1. The van der Waals surface area contributed by atoms with Crippen molar-refractivity contribution in [2.75, 3.05) is 28.4 Å². The molecule has 1 aliphatic carbocycles. The molecule has 0 aromatic heterocycles. The van der Waals surface area contributed by atoms with Gasteiger partial charge >= 0.3 is 5.97 Å². The van der Waals surface area contributed by atoms with Gasteiger partial charge in [-0.05, 0) is 47.7 Å². The first-order valence-corrected chi connectivity index (χ1v) is 9.26. The van der Waals surface area contributed by atoms with Crippen LogP contribution in [0, 0.1) is 0 Å². The summed E-state index contributed by atoms with van der Waals surface area (Å²) < 4.78 is 21.6. The summed E-state index contributed by atoms with van der Waals surface area (Å²) in [5, 5.41) is 3.00. The number of esters is 1. The van der Waals surface area contributed by atoms with Crippen molar-refractivity contribution in [1.82, 2.24) is 5.32 Å². The molecule has 2 aromatic rings. The van der Waals surface area contributed by atoms with Crippen molar-refractivity contribution in [1.29, 1.82) is 0 Å². The number of fused-ring (bicyclic) bond motifs is 3. The second kappa shape index (κ2) is 8.43. The molecule has 1 atom stereocenters. The highest BCUT2D eigenvalue weighted by atomic mass is 16.5. The third-order valence-corrected chi connectivity index (χ3v) is 5.13. The number of carbonyl (C=O) groups excluding carboxylic acids is 2. The molecule has 0 radical (unpaired) electrons. The second-order valence-corrected chi connectivity index (χ2v) is 6.76. The minimum atomic E-state index is -0.427. The Labute approximate surface area is 169 Å². The van der Waals surface area contributed by atoms with E-state index < -0.39 is 5.97 Å². The van der Waals surface area contributed by atoms with Crippen molar-refractivity contribution in [2.24, 2.45) is 0 Å². The molecule has 3 rings (SSSR count). The molecule has 29 heavy (non-hydrogen) atoms. The Hall–Kier alpha value is -3.22. The smallest absolute Gasteiger partial charge is 0.337 e. The zero-order valence-electron chi connectivity index (χ0n) is 17.3. The fourth-order valence-corrected chi connectivity index (χ4v) is 3.88. The van der Waals surface area contributed by atoms with E-state index in [-0.39, 0.29) is 11.9 Å². The Balaban J connectivity index is 2.29. The topological polar surface area (TPSA) is 83.1 Å². The van der Waals surface area contributed by atoms with Crippen molar-refractivity contribution in [3.63, 3.8) is 0 Å². The molecule has 1 amide bonds. The van der Waals surface area contributed by atoms with Gasteiger partial charge in [0.1, 0.15) is 0 Å². The lowest BCUT2D eigenvalue weighted by atomic mass is 9.92. The fraction of sp³-hybridized carbons (Fsp3) is 0.364. The first-order chi connectivity index (χ1) is 13.9. The largest absolute Gasteiger partial charge is 0.493 e. The van der Waals surface area contributed by atoms with Crippen LogP contribution < -0.4 is 19.5 Å². The zero-order valence-corrected chi connectivity index (χ0v) is 17.3. The van der Waals surface area contributed by atoms with Crippen LogP contribution in [0.3, 0.4) is 0 Å². The van der Waals surface area contributed by atoms with Crippen molar-refractivity contribution < 1.29 is 28.5 Å². The molecule has 0 bridgehead atoms. The van der Waals surface area contributed by atoms with Gasteiger partial charge in [0.05, 0.1) is 40.0 Å². The molecule has 1 aliphatic rings. The van der Waals surface area contributed by atoms with Crippen LogP contribution in [0.25, 0.3) is 11.1 Å². The van der Waals surface area contributed by atoms with Gasteiger partial charge in [0.2, 0.25) is 11.7 Å². The predicted octanol–water partition coefficient (Wildman–Crippen LogP) is 3.29. The van der Waals surface area contributed by atoms with Gasteiger partial charge in [0, 0.05) is 12.5 Å². The van der Waals surface area contributed by atoms with E-state index in [0.717, 1.165) is 22.3 Å². The maximum Gasteiger partial charge on any atom is 0.337 e. The number of hydrogen-bond acceptors (Lipinski definition) is 6. The van der Waals surface area contributed by atoms with Gasteiger partial charge in [-0.2, -0.15) is 0 Å². The van der Waals surface area contributed by atoms with Crippen LogP contribution in [0.1, 0.15) is 40.9 Å². The Bertz CT molecular complexity index is 953. The van der Waals surface area contributed by atoms with Gasteiger partial charge < -0.3 is 24.3 Å². The molecule has 0 aliphatic heterocycles. The Morgan fingerprint density at radius 2 is 1.69 bits per heavy atom. The molecule has 154 valence electrons. The van der Waals surface area contributed by atoms with Crippen LogP contribution in [-0.2, 0) is 16.0 Å². The summed E-state index contributed by atoms with van der Waals surface area (Å²) in [7, 11) is 6.08. The average Bonchev–Trinajstić information content (AvgIpc) is 2.88. The summed E-state index contributed by atoms with van der Waals surface area (Å²) in [5.74, 6) is 1.11. The molecule has 0 saturated carbocycles. The van der Waals surface area contributed by atoms with Gasteiger partial charge in [-0.25, -0.2) is 4.79 Å². The van der Waals surface area contributed by atoms with E-state index in [9.17, 15) is 9.59 Å². The first kappa shape index (κ1) is 20.5. The van der Waals surface area contributed by atoms with E-state index in [0.29, 0.717) is 35.7 Å². The Morgan fingerprint density at radius 3 is 2.28 bits per heavy atom. The number of carbonyl (C=O) groups is 2. The van der Waals surface area contributed by atoms with Crippen molar-refractivity contribution in [3.05, 3.63) is 41.0 Å². The average molecular weight is 399 g/mol. The van der Waals surface area contributed by atoms with E-state index in [1.165, 1.54) is 14.0 Å². The molecule has 2 aromatic carbocycles. The fourth-order valence-electron chi connectivity index (χ4n) is 3.88. The van der Waals surface area contributed by atoms with E-state index in [1.807, 2.05) is 12.1 Å². The summed E-state index contributed by atoms with van der Waals surface area (Å²) in [5.41, 5.74) is 4.04. The lowest BCUT2D eigenvalue weighted by molar-refractivity contribution is -0.119. The number of benzene rings is 2. The molecular weight excluding hydrogens is 374 g/mol. The summed E-state index contributed by atoms with van der Waals surface area (Å²) in [4.78, 5) is 23.9. The number of nitrogens with one attached hydrogen (secondary N) is 1. The standard InChI is InChI=1S/C22H25NO6/c1-12(24)23-18-9-8-15-16(11-19(26-2)21(28-4)20(15)27-3)14-7-6-13(10-17(14)18)22(25)29-5/h6-7,10-11,18H,8-9H2,1-5H3,(H,23,24)/t18-/m0/s1. The summed E-state index contributed by atoms with van der Waals surface area (Å²) in [6.45, 7) is 1.48. The maximum absolute atomic E-state index is 12.1. The minimum Gasteiger partial charge on any atom is -0.493 e. The number of hydrogen-bond donors (Lipinski definition) is 1. The van der Waals surface area contributed by atoms with E-state index in [2.05, 4.69) is 5.32 Å². The zero-order chi connectivity index (χ0) is 21.1. The molecule has 0 heterocycles. The van der Waals surface area contributed by atoms with Crippen molar-refractivity contribution in [3.8, 4) is 28.4 Å². The SMILES string of the molecule is COC(=O)c1ccc2c(c1)[C@@H](NC(C)=O)CCc1c-2cc(OC)c(OC)c1OC. The monoisotopic (exact) mass is 399 g/mol. The van der Waals surface area contributed by atoms with E-state index >= 15 is 0 Å². The van der Waals surface area contributed by atoms with Crippen LogP contribution in [0.15, 0.2) is 24.3 Å². The van der Waals surface area contributed by atoms with Crippen LogP contribution in [0.5, 0.6) is 17.2 Å². The third kappa shape index (κ3) is 3.72. The molecular formula is C22H25NO6. The quantitative estimate of drug-likeness (QED) is 0.777. The Morgan fingerprint density at radius 1 is 0.966 bits per heavy atom. The number of methoxy groups -OCH3 is 4. The van der Waals surface area contributed by atoms with Crippen LogP contribution in [-0.4, -0.2) is 40.3 Å². The molecule has 7 heteroatoms. The lowest BCUT2D eigenvalue weighted by Crippen LogP contribution is -2.26. The van der Waals surface area contributed by atoms with Crippen molar-refractivity contribution >= 4 is 11.9 Å². The highest BCUT2D eigenvalue weighted by molar-refractivity contribution is 5.91. The van der Waals surface area contributed by atoms with Gasteiger partial charge in [-0.3, -0.25) is 4.79 Å².